The van der Waals surface area contributed by atoms with Crippen LogP contribution >= 0.6 is 0 Å². The van der Waals surface area contributed by atoms with Gasteiger partial charge in [-0.2, -0.15) is 0 Å². The molecule has 2 rings (SSSR count). The average molecular weight is 262 g/mol. The number of benzene rings is 1. The first-order valence-electron chi connectivity index (χ1n) is 7.18. The van der Waals surface area contributed by atoms with Crippen LogP contribution in [-0.4, -0.2) is 34.7 Å². The van der Waals surface area contributed by atoms with Gasteiger partial charge in [0.05, 0.1) is 5.60 Å². The number of likely N-dealkylation sites (tertiary alicyclic amines) is 1. The molecule has 0 aliphatic carbocycles. The Morgan fingerprint density at radius 3 is 2.47 bits per heavy atom. The number of piperidine rings is 1. The fraction of sp³-hybridized carbons (Fsp3) is 0.625. The molecule has 0 radical (unpaired) electrons. The zero-order valence-corrected chi connectivity index (χ0v) is 12.3. The highest BCUT2D eigenvalue weighted by molar-refractivity contribution is 5.26. The van der Waals surface area contributed by atoms with Crippen molar-refractivity contribution in [2.45, 2.75) is 51.3 Å². The van der Waals surface area contributed by atoms with Crippen LogP contribution in [0.5, 0.6) is 0 Å². The standard InChI is InChI=1S/C16H26N2O/c1-12-5-4-6-14(11-12)15(13(2)17)18-9-7-16(3,19)8-10-18/h4-6,11,13,15,19H,7-10,17H2,1-3H3. The molecule has 1 fully saturated rings. The first-order chi connectivity index (χ1) is 8.89. The number of rotatable bonds is 3. The molecule has 1 aliphatic rings. The Hall–Kier alpha value is -0.900. The van der Waals surface area contributed by atoms with Crippen LogP contribution in [-0.2, 0) is 0 Å². The van der Waals surface area contributed by atoms with Crippen LogP contribution < -0.4 is 5.73 Å². The van der Waals surface area contributed by atoms with Crippen LogP contribution in [0.15, 0.2) is 24.3 Å². The maximum atomic E-state index is 10.1. The summed E-state index contributed by atoms with van der Waals surface area (Å²) in [7, 11) is 0. The van der Waals surface area contributed by atoms with Gasteiger partial charge in [0.25, 0.3) is 0 Å². The number of aliphatic hydroxyl groups is 1. The van der Waals surface area contributed by atoms with E-state index in [4.69, 9.17) is 5.73 Å². The predicted molar refractivity (Wildman–Crippen MR) is 79.0 cm³/mol. The lowest BCUT2D eigenvalue weighted by molar-refractivity contribution is -0.0194. The molecular formula is C16H26N2O. The number of aryl methyl sites for hydroxylation is 1. The number of hydrogen-bond donors (Lipinski definition) is 2. The number of nitrogens with two attached hydrogens (primary N) is 1. The molecule has 1 aromatic rings. The average Bonchev–Trinajstić information content (AvgIpc) is 2.31. The molecule has 0 bridgehead atoms. The zero-order chi connectivity index (χ0) is 14.0. The summed E-state index contributed by atoms with van der Waals surface area (Å²) in [4.78, 5) is 2.41. The fourth-order valence-corrected chi connectivity index (χ4v) is 2.98. The van der Waals surface area contributed by atoms with Crippen molar-refractivity contribution < 1.29 is 5.11 Å². The zero-order valence-electron chi connectivity index (χ0n) is 12.3. The van der Waals surface area contributed by atoms with Gasteiger partial charge < -0.3 is 10.8 Å². The van der Waals surface area contributed by atoms with E-state index in [0.717, 1.165) is 25.9 Å². The third-order valence-corrected chi connectivity index (χ3v) is 4.15. The maximum absolute atomic E-state index is 10.1. The molecule has 106 valence electrons. The third kappa shape index (κ3) is 3.56. The van der Waals surface area contributed by atoms with Gasteiger partial charge in [0.15, 0.2) is 0 Å². The normalized spacial score (nSPS) is 23.0. The summed E-state index contributed by atoms with van der Waals surface area (Å²) in [5.74, 6) is 0. The minimum Gasteiger partial charge on any atom is -0.390 e. The van der Waals surface area contributed by atoms with E-state index in [2.05, 4.69) is 43.0 Å². The van der Waals surface area contributed by atoms with E-state index in [0.29, 0.717) is 0 Å². The van der Waals surface area contributed by atoms with Gasteiger partial charge in [0, 0.05) is 25.2 Å². The molecule has 1 aromatic carbocycles. The van der Waals surface area contributed by atoms with Crippen LogP contribution in [0.4, 0.5) is 0 Å². The SMILES string of the molecule is Cc1cccc(C(C(C)N)N2CCC(C)(O)CC2)c1. The van der Waals surface area contributed by atoms with Crippen molar-refractivity contribution in [2.24, 2.45) is 5.73 Å². The van der Waals surface area contributed by atoms with E-state index in [-0.39, 0.29) is 12.1 Å². The minimum absolute atomic E-state index is 0.0878. The Balaban J connectivity index is 2.18. The molecule has 0 aromatic heterocycles. The molecule has 3 N–H and O–H groups in total. The molecule has 3 nitrogen and oxygen atoms in total. The highest BCUT2D eigenvalue weighted by Gasteiger charge is 2.32. The topological polar surface area (TPSA) is 49.5 Å². The summed E-state index contributed by atoms with van der Waals surface area (Å²) in [5.41, 5.74) is 8.26. The number of hydrogen-bond acceptors (Lipinski definition) is 3. The van der Waals surface area contributed by atoms with Gasteiger partial charge in [0.1, 0.15) is 0 Å². The summed E-state index contributed by atoms with van der Waals surface area (Å²) in [5, 5.41) is 10.1. The van der Waals surface area contributed by atoms with Gasteiger partial charge >= 0.3 is 0 Å². The molecule has 2 unspecified atom stereocenters. The quantitative estimate of drug-likeness (QED) is 0.878. The second kappa shape index (κ2) is 5.61. The van der Waals surface area contributed by atoms with Crippen molar-refractivity contribution in [2.75, 3.05) is 13.1 Å². The lowest BCUT2D eigenvalue weighted by Gasteiger charge is -2.41. The van der Waals surface area contributed by atoms with E-state index in [1.165, 1.54) is 11.1 Å². The Bertz CT molecular complexity index is 419. The van der Waals surface area contributed by atoms with E-state index in [1.807, 2.05) is 6.92 Å². The monoisotopic (exact) mass is 262 g/mol. The van der Waals surface area contributed by atoms with Crippen LogP contribution in [0.2, 0.25) is 0 Å². The molecule has 0 amide bonds. The fourth-order valence-electron chi connectivity index (χ4n) is 2.98. The predicted octanol–water partition coefficient (Wildman–Crippen LogP) is 2.23. The van der Waals surface area contributed by atoms with Crippen molar-refractivity contribution in [3.05, 3.63) is 35.4 Å². The lowest BCUT2D eigenvalue weighted by Crippen LogP contribution is -2.48. The van der Waals surface area contributed by atoms with Crippen LogP contribution in [0.3, 0.4) is 0 Å². The summed E-state index contributed by atoms with van der Waals surface area (Å²) in [6.45, 7) is 7.93. The Labute approximate surface area is 116 Å². The van der Waals surface area contributed by atoms with E-state index < -0.39 is 5.60 Å². The van der Waals surface area contributed by atoms with E-state index >= 15 is 0 Å². The van der Waals surface area contributed by atoms with Gasteiger partial charge in [-0.1, -0.05) is 29.8 Å². The number of nitrogens with zero attached hydrogens (tertiary/aromatic N) is 1. The van der Waals surface area contributed by atoms with E-state index in [9.17, 15) is 5.11 Å². The summed E-state index contributed by atoms with van der Waals surface area (Å²) >= 11 is 0. The molecule has 3 heteroatoms. The summed E-state index contributed by atoms with van der Waals surface area (Å²) in [6, 6.07) is 8.93. The molecule has 0 saturated carbocycles. The first kappa shape index (κ1) is 14.5. The molecular weight excluding hydrogens is 236 g/mol. The lowest BCUT2D eigenvalue weighted by atomic mass is 9.90. The Morgan fingerprint density at radius 2 is 1.95 bits per heavy atom. The molecule has 1 saturated heterocycles. The second-order valence-corrected chi connectivity index (χ2v) is 6.25. The van der Waals surface area contributed by atoms with Crippen molar-refractivity contribution in [1.82, 2.24) is 4.90 Å². The van der Waals surface area contributed by atoms with Crippen molar-refractivity contribution in [3.63, 3.8) is 0 Å². The molecule has 2 atom stereocenters. The van der Waals surface area contributed by atoms with Crippen molar-refractivity contribution in [1.29, 1.82) is 0 Å². The van der Waals surface area contributed by atoms with Crippen LogP contribution in [0, 0.1) is 6.92 Å². The van der Waals surface area contributed by atoms with Gasteiger partial charge in [-0.3, -0.25) is 4.90 Å². The van der Waals surface area contributed by atoms with Gasteiger partial charge in [-0.05, 0) is 39.2 Å². The van der Waals surface area contributed by atoms with Gasteiger partial charge in [-0.15, -0.1) is 0 Å². The first-order valence-corrected chi connectivity index (χ1v) is 7.18. The van der Waals surface area contributed by atoms with Crippen LogP contribution in [0.1, 0.15) is 43.9 Å². The van der Waals surface area contributed by atoms with E-state index in [1.54, 1.807) is 0 Å². The molecule has 1 heterocycles. The Morgan fingerprint density at radius 1 is 1.32 bits per heavy atom. The van der Waals surface area contributed by atoms with Gasteiger partial charge in [-0.25, -0.2) is 0 Å². The highest BCUT2D eigenvalue weighted by Crippen LogP contribution is 2.30. The van der Waals surface area contributed by atoms with Crippen LogP contribution in [0.25, 0.3) is 0 Å². The minimum atomic E-state index is -0.508. The summed E-state index contributed by atoms with van der Waals surface area (Å²) < 4.78 is 0. The van der Waals surface area contributed by atoms with Crippen molar-refractivity contribution in [3.8, 4) is 0 Å². The molecule has 19 heavy (non-hydrogen) atoms. The maximum Gasteiger partial charge on any atom is 0.0644 e. The molecule has 0 spiro atoms. The second-order valence-electron chi connectivity index (χ2n) is 6.25. The smallest absolute Gasteiger partial charge is 0.0644 e. The van der Waals surface area contributed by atoms with Crippen molar-refractivity contribution >= 4 is 0 Å². The highest BCUT2D eigenvalue weighted by atomic mass is 16.3. The largest absolute Gasteiger partial charge is 0.390 e. The molecule has 1 aliphatic heterocycles. The summed E-state index contributed by atoms with van der Waals surface area (Å²) in [6.07, 6.45) is 1.64. The Kier molecular flexibility index (Phi) is 4.29. The van der Waals surface area contributed by atoms with Gasteiger partial charge in [0.2, 0.25) is 0 Å². The third-order valence-electron chi connectivity index (χ3n) is 4.15.